The number of carbonyl (C=O) groups is 2. The highest BCUT2D eigenvalue weighted by Crippen LogP contribution is 2.35. The van der Waals surface area contributed by atoms with Crippen molar-refractivity contribution >= 4 is 28.4 Å². The zero-order valence-corrected chi connectivity index (χ0v) is 16.4. The standard InChI is InChI=1S/C23H20F2N2O3/c1-2-10-27-20-12-16(25)7-8-17(20)18-9-11-26(13-19(21(18)27)23(29)30)22(28)14-3-5-15(24)6-4-14/h3-8,12-13H,2,9-11H2,1H3,(H,29,30). The first-order valence-corrected chi connectivity index (χ1v) is 9.73. The Morgan fingerprint density at radius 1 is 1.07 bits per heavy atom. The Labute approximate surface area is 171 Å². The summed E-state index contributed by atoms with van der Waals surface area (Å²) in [4.78, 5) is 26.5. The van der Waals surface area contributed by atoms with Gasteiger partial charge in [-0.1, -0.05) is 6.92 Å². The van der Waals surface area contributed by atoms with Crippen LogP contribution in [0.5, 0.6) is 0 Å². The van der Waals surface area contributed by atoms with Gasteiger partial charge in [-0.05, 0) is 60.9 Å². The van der Waals surface area contributed by atoms with E-state index < -0.39 is 17.7 Å². The molecule has 0 radical (unpaired) electrons. The van der Waals surface area contributed by atoms with Crippen LogP contribution < -0.4 is 0 Å². The minimum atomic E-state index is -1.17. The van der Waals surface area contributed by atoms with Crippen LogP contribution in [-0.2, 0) is 17.8 Å². The van der Waals surface area contributed by atoms with Crippen molar-refractivity contribution in [2.45, 2.75) is 26.3 Å². The van der Waals surface area contributed by atoms with Gasteiger partial charge in [-0.2, -0.15) is 0 Å². The molecule has 0 atom stereocenters. The Bertz CT molecular complexity index is 1180. The van der Waals surface area contributed by atoms with Gasteiger partial charge >= 0.3 is 5.97 Å². The summed E-state index contributed by atoms with van der Waals surface area (Å²) in [6.45, 7) is 2.73. The number of nitrogens with zero attached hydrogens (tertiary/aromatic N) is 2. The van der Waals surface area contributed by atoms with Crippen LogP contribution in [0.25, 0.3) is 16.5 Å². The van der Waals surface area contributed by atoms with E-state index in [1.807, 2.05) is 11.5 Å². The van der Waals surface area contributed by atoms with Crippen molar-refractivity contribution in [1.29, 1.82) is 0 Å². The van der Waals surface area contributed by atoms with Crippen molar-refractivity contribution in [3.05, 3.63) is 77.1 Å². The fourth-order valence-electron chi connectivity index (χ4n) is 4.00. The maximum Gasteiger partial charge on any atom is 0.339 e. The summed E-state index contributed by atoms with van der Waals surface area (Å²) in [6.07, 6.45) is 2.48. The number of fused-ring (bicyclic) bond motifs is 3. The van der Waals surface area contributed by atoms with Crippen LogP contribution in [0.2, 0.25) is 0 Å². The first-order valence-electron chi connectivity index (χ1n) is 9.73. The van der Waals surface area contributed by atoms with E-state index in [4.69, 9.17) is 0 Å². The number of hydrogen-bond donors (Lipinski definition) is 1. The number of carboxylic acid groups (broad SMARTS) is 1. The average molecular weight is 410 g/mol. The Morgan fingerprint density at radius 3 is 2.43 bits per heavy atom. The largest absolute Gasteiger partial charge is 0.478 e. The predicted octanol–water partition coefficient (Wildman–Crippen LogP) is 4.45. The maximum absolute atomic E-state index is 13.9. The van der Waals surface area contributed by atoms with E-state index in [9.17, 15) is 23.5 Å². The lowest BCUT2D eigenvalue weighted by Gasteiger charge is -2.18. The van der Waals surface area contributed by atoms with E-state index in [-0.39, 0.29) is 23.5 Å². The number of amides is 1. The van der Waals surface area contributed by atoms with E-state index in [0.29, 0.717) is 24.2 Å². The Kier molecular flexibility index (Phi) is 5.11. The molecule has 1 aromatic heterocycles. The molecule has 1 aliphatic rings. The molecule has 0 aliphatic carbocycles. The van der Waals surface area contributed by atoms with Gasteiger partial charge in [0.2, 0.25) is 0 Å². The van der Waals surface area contributed by atoms with Crippen molar-refractivity contribution in [2.24, 2.45) is 0 Å². The molecule has 2 aromatic carbocycles. The van der Waals surface area contributed by atoms with Gasteiger partial charge in [0, 0.05) is 30.2 Å². The topological polar surface area (TPSA) is 62.5 Å². The number of carbonyl (C=O) groups excluding carboxylic acids is 1. The molecule has 0 saturated heterocycles. The highest BCUT2D eigenvalue weighted by molar-refractivity contribution is 6.17. The first kappa shape index (κ1) is 19.8. The van der Waals surface area contributed by atoms with Gasteiger partial charge in [-0.25, -0.2) is 13.6 Å². The quantitative estimate of drug-likeness (QED) is 0.691. The van der Waals surface area contributed by atoms with Crippen LogP contribution in [0.3, 0.4) is 0 Å². The van der Waals surface area contributed by atoms with E-state index in [1.54, 1.807) is 6.07 Å². The number of aliphatic carboxylic acids is 1. The second-order valence-electron chi connectivity index (χ2n) is 7.24. The number of aromatic nitrogens is 1. The van der Waals surface area contributed by atoms with Gasteiger partial charge in [0.25, 0.3) is 5.91 Å². The molecular formula is C23H20F2N2O3. The van der Waals surface area contributed by atoms with Crippen LogP contribution in [-0.4, -0.2) is 33.0 Å². The van der Waals surface area contributed by atoms with Crippen LogP contribution in [0.4, 0.5) is 8.78 Å². The lowest BCUT2D eigenvalue weighted by molar-refractivity contribution is -0.130. The van der Waals surface area contributed by atoms with Crippen molar-refractivity contribution in [3.63, 3.8) is 0 Å². The molecule has 7 heteroatoms. The van der Waals surface area contributed by atoms with Crippen LogP contribution >= 0.6 is 0 Å². The molecule has 30 heavy (non-hydrogen) atoms. The van der Waals surface area contributed by atoms with E-state index in [2.05, 4.69) is 0 Å². The zero-order chi connectivity index (χ0) is 21.4. The van der Waals surface area contributed by atoms with Gasteiger partial charge < -0.3 is 14.6 Å². The highest BCUT2D eigenvalue weighted by Gasteiger charge is 2.29. The van der Waals surface area contributed by atoms with Gasteiger partial charge in [0.05, 0.1) is 16.8 Å². The molecule has 4 rings (SSSR count). The van der Waals surface area contributed by atoms with Crippen molar-refractivity contribution < 1.29 is 23.5 Å². The van der Waals surface area contributed by atoms with Gasteiger partial charge in [0.15, 0.2) is 0 Å². The normalized spacial score (nSPS) is 13.7. The predicted molar refractivity (Wildman–Crippen MR) is 109 cm³/mol. The third-order valence-electron chi connectivity index (χ3n) is 5.30. The Hall–Kier alpha value is -3.48. The molecule has 5 nitrogen and oxygen atoms in total. The van der Waals surface area contributed by atoms with Gasteiger partial charge in [-0.15, -0.1) is 0 Å². The number of aryl methyl sites for hydroxylation is 1. The van der Waals surface area contributed by atoms with E-state index in [1.165, 1.54) is 47.5 Å². The van der Waals surface area contributed by atoms with Crippen LogP contribution in [0.1, 0.15) is 35.0 Å². The molecule has 0 unspecified atom stereocenters. The summed E-state index contributed by atoms with van der Waals surface area (Å²) in [7, 11) is 0. The molecule has 0 saturated carbocycles. The van der Waals surface area contributed by atoms with E-state index >= 15 is 0 Å². The van der Waals surface area contributed by atoms with Crippen molar-refractivity contribution in [1.82, 2.24) is 9.47 Å². The average Bonchev–Trinajstić information content (AvgIpc) is 2.88. The zero-order valence-electron chi connectivity index (χ0n) is 16.4. The van der Waals surface area contributed by atoms with Crippen LogP contribution in [0, 0.1) is 11.6 Å². The molecule has 1 N–H and O–H groups in total. The minimum absolute atomic E-state index is 0.0250. The fraction of sp³-hybridized carbons (Fsp3) is 0.217. The lowest BCUT2D eigenvalue weighted by Crippen LogP contribution is -2.27. The smallest absolute Gasteiger partial charge is 0.339 e. The second kappa shape index (κ2) is 7.74. The van der Waals surface area contributed by atoms with Crippen molar-refractivity contribution in [3.8, 4) is 0 Å². The fourth-order valence-corrected chi connectivity index (χ4v) is 4.00. The summed E-state index contributed by atoms with van der Waals surface area (Å²) in [6, 6.07) is 9.57. The van der Waals surface area contributed by atoms with Gasteiger partial charge in [0.1, 0.15) is 11.6 Å². The summed E-state index contributed by atoms with van der Waals surface area (Å²) < 4.78 is 28.9. The molecule has 1 amide bonds. The summed E-state index contributed by atoms with van der Waals surface area (Å²) in [5.41, 5.74) is 2.17. The number of carboxylic acids is 1. The van der Waals surface area contributed by atoms with Gasteiger partial charge in [-0.3, -0.25) is 4.79 Å². The number of benzene rings is 2. The second-order valence-corrected chi connectivity index (χ2v) is 7.24. The summed E-state index contributed by atoms with van der Waals surface area (Å²) in [5.74, 6) is -2.42. The minimum Gasteiger partial charge on any atom is -0.478 e. The first-order chi connectivity index (χ1) is 14.4. The third kappa shape index (κ3) is 3.36. The maximum atomic E-state index is 13.9. The number of halogens is 2. The lowest BCUT2D eigenvalue weighted by atomic mass is 10.0. The summed E-state index contributed by atoms with van der Waals surface area (Å²) in [5, 5.41) is 10.7. The Morgan fingerprint density at radius 2 is 1.77 bits per heavy atom. The number of hydrogen-bond acceptors (Lipinski definition) is 2. The monoisotopic (exact) mass is 410 g/mol. The Balaban J connectivity index is 1.87. The molecule has 0 bridgehead atoms. The molecule has 3 aromatic rings. The molecule has 154 valence electrons. The third-order valence-corrected chi connectivity index (χ3v) is 5.30. The highest BCUT2D eigenvalue weighted by atomic mass is 19.1. The summed E-state index contributed by atoms with van der Waals surface area (Å²) >= 11 is 0. The molecule has 2 heterocycles. The SMILES string of the molecule is CCCn1c2c(c3ccc(F)cc31)CCN(C(=O)c1ccc(F)cc1)C=C2C(=O)O. The molecule has 0 spiro atoms. The van der Waals surface area contributed by atoms with E-state index in [0.717, 1.165) is 17.4 Å². The van der Waals surface area contributed by atoms with Crippen LogP contribution in [0.15, 0.2) is 48.7 Å². The van der Waals surface area contributed by atoms with Crippen molar-refractivity contribution in [2.75, 3.05) is 6.54 Å². The number of rotatable bonds is 4. The molecule has 1 aliphatic heterocycles. The molecule has 0 fully saturated rings. The molecular weight excluding hydrogens is 390 g/mol.